The van der Waals surface area contributed by atoms with Crippen molar-refractivity contribution in [3.8, 4) is 5.75 Å². The Morgan fingerprint density at radius 3 is 2.84 bits per heavy atom. The minimum absolute atomic E-state index is 0.639. The van der Waals surface area contributed by atoms with E-state index in [0.29, 0.717) is 13.2 Å². The summed E-state index contributed by atoms with van der Waals surface area (Å²) in [6.07, 6.45) is 1.08. The molecule has 1 aromatic carbocycles. The predicted molar refractivity (Wildman–Crippen MR) is 102 cm³/mol. The summed E-state index contributed by atoms with van der Waals surface area (Å²) < 4.78 is 11.3. The van der Waals surface area contributed by atoms with E-state index in [1.54, 1.807) is 0 Å². The number of hydrogen-bond donors (Lipinski definition) is 2. The van der Waals surface area contributed by atoms with Gasteiger partial charge in [0.05, 0.1) is 19.8 Å². The van der Waals surface area contributed by atoms with E-state index < -0.39 is 0 Å². The van der Waals surface area contributed by atoms with Gasteiger partial charge in [-0.1, -0.05) is 19.1 Å². The minimum Gasteiger partial charge on any atom is -0.492 e. The second kappa shape index (κ2) is 11.7. The van der Waals surface area contributed by atoms with Crippen LogP contribution < -0.4 is 15.4 Å². The molecule has 0 amide bonds. The molecule has 0 bridgehead atoms. The maximum Gasteiger partial charge on any atom is 0.191 e. The molecule has 6 heteroatoms. The van der Waals surface area contributed by atoms with Crippen LogP contribution in [0.4, 0.5) is 0 Å². The van der Waals surface area contributed by atoms with Crippen LogP contribution in [0.15, 0.2) is 29.3 Å². The lowest BCUT2D eigenvalue weighted by atomic mass is 10.2. The monoisotopic (exact) mass is 348 g/mol. The van der Waals surface area contributed by atoms with Crippen LogP contribution in [0.25, 0.3) is 0 Å². The first-order valence-electron chi connectivity index (χ1n) is 9.35. The Kier molecular flexibility index (Phi) is 9.15. The molecule has 1 heterocycles. The van der Waals surface area contributed by atoms with Gasteiger partial charge in [0.15, 0.2) is 5.96 Å². The lowest BCUT2D eigenvalue weighted by Gasteiger charge is -2.26. The molecule has 0 spiro atoms. The van der Waals surface area contributed by atoms with Crippen LogP contribution in [0, 0.1) is 0 Å². The van der Waals surface area contributed by atoms with Crippen LogP contribution in [0.2, 0.25) is 0 Å². The molecule has 1 aromatic rings. The smallest absolute Gasteiger partial charge is 0.191 e. The first-order chi connectivity index (χ1) is 12.3. The molecule has 0 atom stereocenters. The summed E-state index contributed by atoms with van der Waals surface area (Å²) >= 11 is 0. The van der Waals surface area contributed by atoms with Gasteiger partial charge in [-0.05, 0) is 31.0 Å². The van der Waals surface area contributed by atoms with E-state index in [-0.39, 0.29) is 0 Å². The number of benzene rings is 1. The molecule has 2 N–H and O–H groups in total. The average Bonchev–Trinajstić information content (AvgIpc) is 2.65. The van der Waals surface area contributed by atoms with Gasteiger partial charge < -0.3 is 20.1 Å². The molecule has 1 aliphatic heterocycles. The Balaban J connectivity index is 1.80. The summed E-state index contributed by atoms with van der Waals surface area (Å²) in [5, 5.41) is 6.58. The van der Waals surface area contributed by atoms with E-state index >= 15 is 0 Å². The molecule has 0 aliphatic carbocycles. The highest BCUT2D eigenvalue weighted by molar-refractivity contribution is 5.79. The number of morpholine rings is 1. The van der Waals surface area contributed by atoms with Gasteiger partial charge >= 0.3 is 0 Å². The molecular formula is C19H32N4O2. The number of hydrogen-bond acceptors (Lipinski definition) is 4. The molecule has 1 fully saturated rings. The maximum absolute atomic E-state index is 5.91. The van der Waals surface area contributed by atoms with E-state index in [0.717, 1.165) is 69.6 Å². The van der Waals surface area contributed by atoms with Gasteiger partial charge in [0.1, 0.15) is 12.4 Å². The summed E-state index contributed by atoms with van der Waals surface area (Å²) in [6, 6.07) is 8.20. The number of nitrogens with zero attached hydrogens (tertiary/aromatic N) is 2. The van der Waals surface area contributed by atoms with Crippen molar-refractivity contribution >= 4 is 5.96 Å². The third-order valence-corrected chi connectivity index (χ3v) is 3.98. The first-order valence-corrected chi connectivity index (χ1v) is 9.35. The van der Waals surface area contributed by atoms with Gasteiger partial charge in [0.25, 0.3) is 0 Å². The minimum atomic E-state index is 0.639. The number of guanidine groups is 1. The summed E-state index contributed by atoms with van der Waals surface area (Å²) in [6.45, 7) is 11.9. The first kappa shape index (κ1) is 19.5. The molecule has 25 heavy (non-hydrogen) atoms. The molecule has 0 aromatic heterocycles. The fourth-order valence-electron chi connectivity index (χ4n) is 2.61. The van der Waals surface area contributed by atoms with Crippen molar-refractivity contribution in [1.82, 2.24) is 15.5 Å². The molecule has 0 radical (unpaired) electrons. The van der Waals surface area contributed by atoms with Gasteiger partial charge in [-0.25, -0.2) is 4.99 Å². The lowest BCUT2D eigenvalue weighted by Crippen LogP contribution is -2.38. The predicted octanol–water partition coefficient (Wildman–Crippen LogP) is 1.86. The second-order valence-electron chi connectivity index (χ2n) is 6.07. The van der Waals surface area contributed by atoms with Gasteiger partial charge in [-0.15, -0.1) is 0 Å². The van der Waals surface area contributed by atoms with Crippen molar-refractivity contribution in [3.63, 3.8) is 0 Å². The number of ether oxygens (including phenoxy) is 2. The lowest BCUT2D eigenvalue weighted by molar-refractivity contribution is 0.0322. The normalized spacial score (nSPS) is 15.8. The highest BCUT2D eigenvalue weighted by Crippen LogP contribution is 2.14. The van der Waals surface area contributed by atoms with E-state index in [1.807, 2.05) is 12.1 Å². The van der Waals surface area contributed by atoms with E-state index in [9.17, 15) is 0 Å². The van der Waals surface area contributed by atoms with Crippen LogP contribution in [-0.4, -0.2) is 63.4 Å². The van der Waals surface area contributed by atoms with Crippen molar-refractivity contribution in [1.29, 1.82) is 0 Å². The summed E-state index contributed by atoms with van der Waals surface area (Å²) in [7, 11) is 0. The standard InChI is InChI=1S/C19H32N4O2/c1-3-8-21-19(20-4-2)22-16-17-6-5-7-18(15-17)25-14-11-23-9-12-24-13-10-23/h5-7,15H,3-4,8-14,16H2,1-2H3,(H2,20,21,22). The quantitative estimate of drug-likeness (QED) is 0.527. The van der Waals surface area contributed by atoms with Crippen LogP contribution in [0.1, 0.15) is 25.8 Å². The zero-order valence-corrected chi connectivity index (χ0v) is 15.6. The molecular weight excluding hydrogens is 316 g/mol. The Labute approximate surface area is 151 Å². The fraction of sp³-hybridized carbons (Fsp3) is 0.632. The third kappa shape index (κ3) is 7.75. The molecule has 6 nitrogen and oxygen atoms in total. The maximum atomic E-state index is 5.91. The van der Waals surface area contributed by atoms with Crippen molar-refractivity contribution in [2.45, 2.75) is 26.8 Å². The van der Waals surface area contributed by atoms with E-state index in [2.05, 4.69) is 46.5 Å². The number of aliphatic imine (C=N–C) groups is 1. The van der Waals surface area contributed by atoms with Crippen LogP contribution >= 0.6 is 0 Å². The van der Waals surface area contributed by atoms with Crippen LogP contribution in [0.3, 0.4) is 0 Å². The fourth-order valence-corrected chi connectivity index (χ4v) is 2.61. The van der Waals surface area contributed by atoms with Gasteiger partial charge in [-0.3, -0.25) is 4.90 Å². The SMILES string of the molecule is CCCNC(=NCc1cccc(OCCN2CCOCC2)c1)NCC. The zero-order valence-electron chi connectivity index (χ0n) is 15.6. The highest BCUT2D eigenvalue weighted by atomic mass is 16.5. The van der Waals surface area contributed by atoms with Gasteiger partial charge in [-0.2, -0.15) is 0 Å². The largest absolute Gasteiger partial charge is 0.492 e. The van der Waals surface area contributed by atoms with Crippen molar-refractivity contribution < 1.29 is 9.47 Å². The van der Waals surface area contributed by atoms with Crippen molar-refractivity contribution in [3.05, 3.63) is 29.8 Å². The number of nitrogens with one attached hydrogen (secondary N) is 2. The summed E-state index contributed by atoms with van der Waals surface area (Å²) in [5.41, 5.74) is 1.15. The Morgan fingerprint density at radius 1 is 1.24 bits per heavy atom. The molecule has 140 valence electrons. The van der Waals surface area contributed by atoms with Gasteiger partial charge in [0, 0.05) is 32.7 Å². The molecule has 0 unspecified atom stereocenters. The van der Waals surface area contributed by atoms with Crippen LogP contribution in [0.5, 0.6) is 5.75 Å². The Hall–Kier alpha value is -1.79. The summed E-state index contributed by atoms with van der Waals surface area (Å²) in [5.74, 6) is 1.77. The second-order valence-corrected chi connectivity index (χ2v) is 6.07. The van der Waals surface area contributed by atoms with E-state index in [1.165, 1.54) is 0 Å². The molecule has 2 rings (SSSR count). The third-order valence-electron chi connectivity index (χ3n) is 3.98. The van der Waals surface area contributed by atoms with E-state index in [4.69, 9.17) is 9.47 Å². The molecule has 1 saturated heterocycles. The molecule has 1 aliphatic rings. The van der Waals surface area contributed by atoms with Gasteiger partial charge in [0.2, 0.25) is 0 Å². The zero-order chi connectivity index (χ0) is 17.7. The number of rotatable bonds is 9. The topological polar surface area (TPSA) is 58.1 Å². The average molecular weight is 348 g/mol. The molecule has 0 saturated carbocycles. The van der Waals surface area contributed by atoms with Crippen LogP contribution in [-0.2, 0) is 11.3 Å². The summed E-state index contributed by atoms with van der Waals surface area (Å²) in [4.78, 5) is 7.01. The Morgan fingerprint density at radius 2 is 2.08 bits per heavy atom. The Bertz CT molecular complexity index is 516. The highest BCUT2D eigenvalue weighted by Gasteiger charge is 2.09. The van der Waals surface area contributed by atoms with Crippen molar-refractivity contribution in [2.75, 3.05) is 52.5 Å². The van der Waals surface area contributed by atoms with Crippen molar-refractivity contribution in [2.24, 2.45) is 4.99 Å².